The average molecular weight is 274 g/mol. The molecule has 0 spiro atoms. The minimum absolute atomic E-state index is 0.0683. The van der Waals surface area contributed by atoms with Crippen LogP contribution >= 0.6 is 11.6 Å². The van der Waals surface area contributed by atoms with Crippen molar-refractivity contribution in [2.24, 2.45) is 0 Å². The van der Waals surface area contributed by atoms with E-state index in [1.54, 1.807) is 17.2 Å². The molecule has 0 atom stereocenters. The number of hydrogen-bond acceptors (Lipinski definition) is 3. The number of aryl methyl sites for hydroxylation is 1. The summed E-state index contributed by atoms with van der Waals surface area (Å²) in [6.07, 6.45) is 4.91. The van der Waals surface area contributed by atoms with Crippen LogP contribution in [0.2, 0.25) is 5.02 Å². The molecule has 4 nitrogen and oxygen atoms in total. The molecule has 2 aromatic rings. The van der Waals surface area contributed by atoms with Gasteiger partial charge >= 0.3 is 0 Å². The van der Waals surface area contributed by atoms with Crippen LogP contribution in [0.4, 0.5) is 0 Å². The molecular formula is C14H12ClN3O. The van der Waals surface area contributed by atoms with Crippen molar-refractivity contribution in [2.75, 3.05) is 0 Å². The van der Waals surface area contributed by atoms with Crippen molar-refractivity contribution >= 4 is 17.5 Å². The summed E-state index contributed by atoms with van der Waals surface area (Å²) in [6.45, 7) is 3.14. The normalized spacial score (nSPS) is 13.5. The Kier molecular flexibility index (Phi) is 2.95. The number of carbonyl (C=O) groups is 1. The Morgan fingerprint density at radius 1 is 1.32 bits per heavy atom. The van der Waals surface area contributed by atoms with Gasteiger partial charge in [-0.2, -0.15) is 0 Å². The molecule has 0 aliphatic carbocycles. The van der Waals surface area contributed by atoms with Gasteiger partial charge in [0, 0.05) is 37.4 Å². The van der Waals surface area contributed by atoms with Crippen molar-refractivity contribution in [3.63, 3.8) is 0 Å². The minimum Gasteiger partial charge on any atom is -0.330 e. The molecule has 1 amide bonds. The zero-order valence-corrected chi connectivity index (χ0v) is 11.2. The number of nitrogens with zero attached hydrogens (tertiary/aromatic N) is 3. The van der Waals surface area contributed by atoms with Gasteiger partial charge in [0.15, 0.2) is 0 Å². The van der Waals surface area contributed by atoms with Crippen molar-refractivity contribution in [1.82, 2.24) is 14.9 Å². The van der Waals surface area contributed by atoms with Crippen molar-refractivity contribution in [1.29, 1.82) is 0 Å². The zero-order valence-electron chi connectivity index (χ0n) is 10.4. The monoisotopic (exact) mass is 273 g/mol. The Balaban J connectivity index is 1.87. The van der Waals surface area contributed by atoms with E-state index in [-0.39, 0.29) is 5.91 Å². The first-order valence-corrected chi connectivity index (χ1v) is 6.36. The summed E-state index contributed by atoms with van der Waals surface area (Å²) in [5, 5.41) is 0.387. The summed E-state index contributed by atoms with van der Waals surface area (Å²) < 4.78 is 0. The molecule has 5 heteroatoms. The lowest BCUT2D eigenvalue weighted by atomic mass is 10.2. The third-order valence-electron chi connectivity index (χ3n) is 3.23. The molecule has 0 saturated heterocycles. The topological polar surface area (TPSA) is 46.1 Å². The van der Waals surface area contributed by atoms with Crippen molar-refractivity contribution in [2.45, 2.75) is 20.0 Å². The number of fused-ring (bicyclic) bond motifs is 1. The lowest BCUT2D eigenvalue weighted by Crippen LogP contribution is -2.25. The van der Waals surface area contributed by atoms with Crippen LogP contribution in [0.15, 0.2) is 30.7 Å². The molecule has 3 rings (SSSR count). The maximum absolute atomic E-state index is 12.4. The van der Waals surface area contributed by atoms with E-state index in [2.05, 4.69) is 9.97 Å². The first-order chi connectivity index (χ1) is 9.15. The number of rotatable bonds is 1. The highest BCUT2D eigenvalue weighted by Gasteiger charge is 2.25. The summed E-state index contributed by atoms with van der Waals surface area (Å²) in [5.41, 5.74) is 3.72. The lowest BCUT2D eigenvalue weighted by molar-refractivity contribution is 0.0751. The molecule has 3 heterocycles. The summed E-state index contributed by atoms with van der Waals surface area (Å²) >= 11 is 6.01. The number of aromatic nitrogens is 2. The van der Waals surface area contributed by atoms with Gasteiger partial charge in [-0.15, -0.1) is 0 Å². The van der Waals surface area contributed by atoms with Crippen LogP contribution in [-0.4, -0.2) is 20.8 Å². The van der Waals surface area contributed by atoms with E-state index in [0.717, 1.165) is 16.8 Å². The zero-order chi connectivity index (χ0) is 13.4. The predicted molar refractivity (Wildman–Crippen MR) is 71.8 cm³/mol. The second-order valence-corrected chi connectivity index (χ2v) is 5.02. The Hall–Kier alpha value is -1.94. The highest BCUT2D eigenvalue weighted by atomic mass is 35.5. The van der Waals surface area contributed by atoms with Crippen LogP contribution < -0.4 is 0 Å². The van der Waals surface area contributed by atoms with Crippen molar-refractivity contribution in [3.8, 4) is 0 Å². The maximum Gasteiger partial charge on any atom is 0.256 e. The molecule has 0 N–H and O–H groups in total. The van der Waals surface area contributed by atoms with E-state index in [0.29, 0.717) is 23.7 Å². The van der Waals surface area contributed by atoms with Crippen LogP contribution in [0.25, 0.3) is 0 Å². The van der Waals surface area contributed by atoms with Crippen LogP contribution in [0.1, 0.15) is 27.2 Å². The van der Waals surface area contributed by atoms with E-state index >= 15 is 0 Å². The quantitative estimate of drug-likeness (QED) is 0.802. The Bertz CT molecular complexity index is 657. The smallest absolute Gasteiger partial charge is 0.256 e. The van der Waals surface area contributed by atoms with Gasteiger partial charge in [-0.3, -0.25) is 14.8 Å². The predicted octanol–water partition coefficient (Wildman–Crippen LogP) is 2.59. The van der Waals surface area contributed by atoms with E-state index in [1.165, 1.54) is 6.20 Å². The van der Waals surface area contributed by atoms with Gasteiger partial charge in [0.05, 0.1) is 10.6 Å². The van der Waals surface area contributed by atoms with Gasteiger partial charge in [-0.25, -0.2) is 0 Å². The molecule has 0 bridgehead atoms. The fraction of sp³-hybridized carbons (Fsp3) is 0.214. The maximum atomic E-state index is 12.4. The van der Waals surface area contributed by atoms with Crippen LogP contribution in [-0.2, 0) is 13.1 Å². The molecular weight excluding hydrogens is 262 g/mol. The number of carbonyl (C=O) groups excluding carboxylic acids is 1. The highest BCUT2D eigenvalue weighted by Crippen LogP contribution is 2.25. The summed E-state index contributed by atoms with van der Waals surface area (Å²) in [6, 6.07) is 3.67. The van der Waals surface area contributed by atoms with E-state index in [4.69, 9.17) is 11.6 Å². The van der Waals surface area contributed by atoms with Gasteiger partial charge in [0.1, 0.15) is 0 Å². The minimum atomic E-state index is -0.0683. The number of pyridine rings is 2. The third-order valence-corrected chi connectivity index (χ3v) is 3.53. The third kappa shape index (κ3) is 2.19. The van der Waals surface area contributed by atoms with Gasteiger partial charge < -0.3 is 4.90 Å². The largest absolute Gasteiger partial charge is 0.330 e. The molecule has 0 radical (unpaired) electrons. The van der Waals surface area contributed by atoms with E-state index in [9.17, 15) is 4.79 Å². The molecule has 1 aliphatic rings. The SMILES string of the molecule is Cc1cc2c(cn1)CN(C(=O)c1ccncc1Cl)C2. The second-order valence-electron chi connectivity index (χ2n) is 4.61. The highest BCUT2D eigenvalue weighted by molar-refractivity contribution is 6.33. The Morgan fingerprint density at radius 2 is 2.11 bits per heavy atom. The van der Waals surface area contributed by atoms with Crippen LogP contribution in [0.3, 0.4) is 0 Å². The molecule has 0 fully saturated rings. The van der Waals surface area contributed by atoms with Crippen molar-refractivity contribution < 1.29 is 4.79 Å². The number of halogens is 1. The Labute approximate surface area is 116 Å². The second kappa shape index (κ2) is 4.63. The average Bonchev–Trinajstić information content (AvgIpc) is 2.81. The fourth-order valence-electron chi connectivity index (χ4n) is 2.26. The summed E-state index contributed by atoms with van der Waals surface area (Å²) in [7, 11) is 0. The van der Waals surface area contributed by atoms with Crippen molar-refractivity contribution in [3.05, 3.63) is 58.1 Å². The number of hydrogen-bond donors (Lipinski definition) is 0. The van der Waals surface area contributed by atoms with Crippen LogP contribution in [0, 0.1) is 6.92 Å². The fourth-order valence-corrected chi connectivity index (χ4v) is 2.46. The summed E-state index contributed by atoms with van der Waals surface area (Å²) in [5.74, 6) is -0.0683. The molecule has 2 aromatic heterocycles. The molecule has 0 unspecified atom stereocenters. The Morgan fingerprint density at radius 3 is 2.89 bits per heavy atom. The molecule has 0 saturated carbocycles. The van der Waals surface area contributed by atoms with E-state index in [1.807, 2.05) is 19.2 Å². The first kappa shape index (κ1) is 12.1. The van der Waals surface area contributed by atoms with Crippen LogP contribution in [0.5, 0.6) is 0 Å². The standard InChI is InChI=1S/C14H12ClN3O/c1-9-4-10-7-18(8-11(10)5-17-9)14(19)12-2-3-16-6-13(12)15/h2-6H,7-8H2,1H3. The number of amides is 1. The molecule has 19 heavy (non-hydrogen) atoms. The molecule has 96 valence electrons. The van der Waals surface area contributed by atoms with Gasteiger partial charge in [0.25, 0.3) is 5.91 Å². The van der Waals surface area contributed by atoms with Gasteiger partial charge in [0.2, 0.25) is 0 Å². The van der Waals surface area contributed by atoms with Gasteiger partial charge in [-0.05, 0) is 30.2 Å². The lowest BCUT2D eigenvalue weighted by Gasteiger charge is -2.15. The summed E-state index contributed by atoms with van der Waals surface area (Å²) in [4.78, 5) is 22.3. The van der Waals surface area contributed by atoms with Gasteiger partial charge in [-0.1, -0.05) is 11.6 Å². The molecule has 0 aromatic carbocycles. The first-order valence-electron chi connectivity index (χ1n) is 5.98. The molecule has 1 aliphatic heterocycles. The van der Waals surface area contributed by atoms with E-state index < -0.39 is 0 Å².